The van der Waals surface area contributed by atoms with Crippen LogP contribution in [0.1, 0.15) is 25.5 Å². The van der Waals surface area contributed by atoms with Gasteiger partial charge in [-0.25, -0.2) is 9.97 Å². The van der Waals surface area contributed by atoms with E-state index in [1.165, 1.54) is 6.33 Å². The highest BCUT2D eigenvalue weighted by Crippen LogP contribution is 2.29. The van der Waals surface area contributed by atoms with Gasteiger partial charge in [0.25, 0.3) is 0 Å². The molecule has 1 aliphatic carbocycles. The molecule has 0 aromatic carbocycles. The Morgan fingerprint density at radius 3 is 2.67 bits per heavy atom. The lowest BCUT2D eigenvalue weighted by Gasteiger charge is -1.95. The second-order valence-corrected chi connectivity index (χ2v) is 3.38. The third kappa shape index (κ3) is 5.10. The molecule has 0 unspecified atom stereocenters. The summed E-state index contributed by atoms with van der Waals surface area (Å²) in [6.45, 7) is 4.29. The number of ether oxygens (including phenoxy) is 1. The summed E-state index contributed by atoms with van der Waals surface area (Å²) in [4.78, 5) is 18.2. The summed E-state index contributed by atoms with van der Waals surface area (Å²) in [7, 11) is 0. The molecular formula is C11H16N2O2. The fourth-order valence-electron chi connectivity index (χ4n) is 0.936. The van der Waals surface area contributed by atoms with Gasteiger partial charge < -0.3 is 4.74 Å². The number of carbonyl (C=O) groups is 1. The molecule has 0 amide bonds. The van der Waals surface area contributed by atoms with Crippen molar-refractivity contribution in [3.8, 4) is 0 Å². The number of rotatable bonds is 2. The molecule has 2 rings (SSSR count). The summed E-state index contributed by atoms with van der Waals surface area (Å²) in [6, 6.07) is 1.86. The van der Waals surface area contributed by atoms with Crippen LogP contribution in [0.3, 0.4) is 0 Å². The third-order valence-corrected chi connectivity index (χ3v) is 1.93. The number of nitrogens with zero attached hydrogens (tertiary/aromatic N) is 2. The summed E-state index contributed by atoms with van der Waals surface area (Å²) in [5, 5.41) is 0. The average Bonchev–Trinajstić information content (AvgIpc) is 3.03. The van der Waals surface area contributed by atoms with Crippen LogP contribution in [0.4, 0.5) is 0 Å². The van der Waals surface area contributed by atoms with E-state index in [-0.39, 0.29) is 11.9 Å². The van der Waals surface area contributed by atoms with Crippen LogP contribution in [0.15, 0.2) is 18.6 Å². The molecule has 1 heterocycles. The lowest BCUT2D eigenvalue weighted by molar-refractivity contribution is -0.144. The highest BCUT2D eigenvalue weighted by atomic mass is 16.5. The number of esters is 1. The van der Waals surface area contributed by atoms with E-state index in [0.717, 1.165) is 18.5 Å². The summed E-state index contributed by atoms with van der Waals surface area (Å²) in [6.07, 6.45) is 5.34. The predicted octanol–water partition coefficient (Wildman–Crippen LogP) is 1.74. The zero-order valence-corrected chi connectivity index (χ0v) is 9.14. The first-order chi connectivity index (χ1) is 7.24. The summed E-state index contributed by atoms with van der Waals surface area (Å²) < 4.78 is 4.73. The van der Waals surface area contributed by atoms with Crippen molar-refractivity contribution in [3.63, 3.8) is 0 Å². The van der Waals surface area contributed by atoms with Crippen LogP contribution in [0.2, 0.25) is 0 Å². The van der Waals surface area contributed by atoms with Crippen molar-refractivity contribution in [1.29, 1.82) is 0 Å². The largest absolute Gasteiger partial charge is 0.466 e. The number of hydrogen-bond donors (Lipinski definition) is 0. The van der Waals surface area contributed by atoms with Crippen molar-refractivity contribution in [3.05, 3.63) is 24.3 Å². The highest BCUT2D eigenvalue weighted by molar-refractivity contribution is 5.74. The first-order valence-electron chi connectivity index (χ1n) is 5.13. The maximum Gasteiger partial charge on any atom is 0.308 e. The Bertz CT molecular complexity index is 297. The molecule has 1 aliphatic rings. The Morgan fingerprint density at radius 1 is 1.60 bits per heavy atom. The van der Waals surface area contributed by atoms with Crippen molar-refractivity contribution in [2.75, 3.05) is 6.61 Å². The molecule has 0 radical (unpaired) electrons. The van der Waals surface area contributed by atoms with Gasteiger partial charge in [-0.15, -0.1) is 0 Å². The van der Waals surface area contributed by atoms with Crippen molar-refractivity contribution in [1.82, 2.24) is 9.97 Å². The Balaban J connectivity index is 0.000000151. The first kappa shape index (κ1) is 11.6. The second kappa shape index (κ2) is 6.11. The molecule has 82 valence electrons. The minimum atomic E-state index is -0.00694. The van der Waals surface area contributed by atoms with E-state index in [4.69, 9.17) is 4.74 Å². The van der Waals surface area contributed by atoms with Crippen LogP contribution in [-0.4, -0.2) is 22.5 Å². The normalized spacial score (nSPS) is 13.7. The number of aromatic nitrogens is 2. The molecule has 0 saturated heterocycles. The van der Waals surface area contributed by atoms with E-state index in [0.29, 0.717) is 6.61 Å². The number of carbonyl (C=O) groups excluding carboxylic acids is 1. The zero-order valence-electron chi connectivity index (χ0n) is 9.14. The summed E-state index contributed by atoms with van der Waals surface area (Å²) >= 11 is 0. The van der Waals surface area contributed by atoms with Gasteiger partial charge in [0.15, 0.2) is 0 Å². The van der Waals surface area contributed by atoms with Gasteiger partial charge in [-0.05, 0) is 32.8 Å². The fraction of sp³-hybridized carbons (Fsp3) is 0.545. The topological polar surface area (TPSA) is 52.1 Å². The van der Waals surface area contributed by atoms with Crippen LogP contribution >= 0.6 is 0 Å². The molecule has 15 heavy (non-hydrogen) atoms. The van der Waals surface area contributed by atoms with Crippen molar-refractivity contribution >= 4 is 5.97 Å². The van der Waals surface area contributed by atoms with Crippen LogP contribution in [0.25, 0.3) is 0 Å². The van der Waals surface area contributed by atoms with E-state index in [2.05, 4.69) is 9.97 Å². The molecule has 0 atom stereocenters. The molecule has 0 aliphatic heterocycles. The first-order valence-corrected chi connectivity index (χ1v) is 5.13. The maximum absolute atomic E-state index is 10.6. The summed E-state index contributed by atoms with van der Waals surface area (Å²) in [5.74, 6) is 0.252. The van der Waals surface area contributed by atoms with E-state index < -0.39 is 0 Å². The highest BCUT2D eigenvalue weighted by Gasteiger charge is 2.30. The van der Waals surface area contributed by atoms with Crippen molar-refractivity contribution in [2.45, 2.75) is 26.7 Å². The Morgan fingerprint density at radius 2 is 2.33 bits per heavy atom. The number of aryl methyl sites for hydroxylation is 1. The Labute approximate surface area is 89.7 Å². The Kier molecular flexibility index (Phi) is 4.74. The lowest BCUT2D eigenvalue weighted by Crippen LogP contribution is -2.04. The van der Waals surface area contributed by atoms with Crippen molar-refractivity contribution < 1.29 is 9.53 Å². The second-order valence-electron chi connectivity index (χ2n) is 3.38. The van der Waals surface area contributed by atoms with E-state index >= 15 is 0 Å². The lowest BCUT2D eigenvalue weighted by atomic mass is 10.4. The molecule has 0 spiro atoms. The molecule has 4 nitrogen and oxygen atoms in total. The van der Waals surface area contributed by atoms with Gasteiger partial charge >= 0.3 is 5.97 Å². The Hall–Kier alpha value is -1.45. The van der Waals surface area contributed by atoms with Gasteiger partial charge in [-0.1, -0.05) is 0 Å². The molecule has 1 saturated carbocycles. The van der Waals surface area contributed by atoms with Crippen LogP contribution in [0, 0.1) is 12.8 Å². The van der Waals surface area contributed by atoms with Gasteiger partial charge in [0.05, 0.1) is 12.5 Å². The molecule has 4 heteroatoms. The predicted molar refractivity (Wildman–Crippen MR) is 56.1 cm³/mol. The standard InChI is InChI=1S/C6H10O2.C5H6N2/c1-2-8-6(7)5-3-4-5;1-5-2-3-6-4-7-5/h5H,2-4H2,1H3;2-4H,1H3. The SMILES string of the molecule is CCOC(=O)C1CC1.Cc1ccncn1. The fourth-order valence-corrected chi connectivity index (χ4v) is 0.936. The molecule has 0 N–H and O–H groups in total. The third-order valence-electron chi connectivity index (χ3n) is 1.93. The van der Waals surface area contributed by atoms with Gasteiger partial charge in [-0.3, -0.25) is 4.79 Å². The molecule has 1 aromatic heterocycles. The average molecular weight is 208 g/mol. The minimum Gasteiger partial charge on any atom is -0.466 e. The van der Waals surface area contributed by atoms with Crippen LogP contribution in [-0.2, 0) is 9.53 Å². The van der Waals surface area contributed by atoms with Gasteiger partial charge in [0, 0.05) is 11.9 Å². The summed E-state index contributed by atoms with van der Waals surface area (Å²) in [5.41, 5.74) is 1.01. The van der Waals surface area contributed by atoms with E-state index in [1.54, 1.807) is 6.20 Å². The quantitative estimate of drug-likeness (QED) is 0.695. The smallest absolute Gasteiger partial charge is 0.308 e. The van der Waals surface area contributed by atoms with E-state index in [1.807, 2.05) is 19.9 Å². The van der Waals surface area contributed by atoms with Crippen LogP contribution < -0.4 is 0 Å². The molecule has 0 bridgehead atoms. The monoisotopic (exact) mass is 208 g/mol. The molecule has 1 fully saturated rings. The van der Waals surface area contributed by atoms with Gasteiger partial charge in [-0.2, -0.15) is 0 Å². The number of hydrogen-bond acceptors (Lipinski definition) is 4. The van der Waals surface area contributed by atoms with Crippen molar-refractivity contribution in [2.24, 2.45) is 5.92 Å². The maximum atomic E-state index is 10.6. The van der Waals surface area contributed by atoms with E-state index in [9.17, 15) is 4.79 Å². The zero-order chi connectivity index (χ0) is 11.1. The molecular weight excluding hydrogens is 192 g/mol. The minimum absolute atomic E-state index is 0.00694. The van der Waals surface area contributed by atoms with Gasteiger partial charge in [0.2, 0.25) is 0 Å². The van der Waals surface area contributed by atoms with Crippen LogP contribution in [0.5, 0.6) is 0 Å². The molecule has 1 aromatic rings. The van der Waals surface area contributed by atoms with Gasteiger partial charge in [0.1, 0.15) is 6.33 Å².